The second kappa shape index (κ2) is 7.59. The first kappa shape index (κ1) is 18.8. The van der Waals surface area contributed by atoms with Crippen LogP contribution >= 0.6 is 11.3 Å². The number of carbonyl (C=O) groups is 2. The summed E-state index contributed by atoms with van der Waals surface area (Å²) in [7, 11) is 2.10. The summed E-state index contributed by atoms with van der Waals surface area (Å²) in [5.41, 5.74) is 3.27. The molecule has 7 heteroatoms. The molecule has 30 heavy (non-hydrogen) atoms. The molecule has 0 unspecified atom stereocenters. The van der Waals surface area contributed by atoms with Crippen LogP contribution in [0, 0.1) is 0 Å². The number of hydrogen-bond acceptors (Lipinski definition) is 6. The molecule has 3 heterocycles. The molecule has 0 spiro atoms. The molecule has 2 aliphatic heterocycles. The van der Waals surface area contributed by atoms with Crippen LogP contribution in [0.5, 0.6) is 5.75 Å². The van der Waals surface area contributed by atoms with E-state index in [0.29, 0.717) is 11.3 Å². The number of benzene rings is 2. The molecule has 0 bridgehead atoms. The molecule has 0 fully saturated rings. The Morgan fingerprint density at radius 1 is 1.13 bits per heavy atom. The fraction of sp³-hybridized carbons (Fsp3) is 0.217. The third kappa shape index (κ3) is 3.46. The van der Waals surface area contributed by atoms with Crippen molar-refractivity contribution in [3.63, 3.8) is 0 Å². The molecule has 5 rings (SSSR count). The van der Waals surface area contributed by atoms with Gasteiger partial charge in [0.2, 0.25) is 0 Å². The average molecular weight is 420 g/mol. The number of anilines is 1. The molecule has 0 saturated carbocycles. The summed E-state index contributed by atoms with van der Waals surface area (Å²) in [4.78, 5) is 28.8. The molecule has 0 radical (unpaired) electrons. The van der Waals surface area contributed by atoms with Crippen molar-refractivity contribution in [2.45, 2.75) is 19.1 Å². The fourth-order valence-corrected chi connectivity index (χ4v) is 5.26. The molecule has 152 valence electrons. The van der Waals surface area contributed by atoms with E-state index in [4.69, 9.17) is 4.74 Å². The maximum Gasteiger partial charge on any atom is 0.343 e. The standard InChI is InChI=1S/C23H21N3O3S/c1-26-11-10-17-18(13-26)30-22-19(17)21(27)24-20(25-22)15-8-5-9-16(12-15)29-23(28)14-6-3-2-4-7-14/h2-9,12,20,25H,10-11,13H2,1H3,(H,24,27)/t20-/m1/s1. The van der Waals surface area contributed by atoms with Crippen molar-refractivity contribution in [1.29, 1.82) is 0 Å². The Labute approximate surface area is 178 Å². The van der Waals surface area contributed by atoms with Gasteiger partial charge in [-0.25, -0.2) is 4.79 Å². The largest absolute Gasteiger partial charge is 0.423 e. The van der Waals surface area contributed by atoms with Crippen molar-refractivity contribution in [3.8, 4) is 5.75 Å². The van der Waals surface area contributed by atoms with Gasteiger partial charge in [-0.3, -0.25) is 4.79 Å². The third-order valence-corrected chi connectivity index (χ3v) is 6.59. The Kier molecular flexibility index (Phi) is 4.77. The van der Waals surface area contributed by atoms with Gasteiger partial charge < -0.3 is 20.3 Å². The number of likely N-dealkylation sites (N-methyl/N-ethyl adjacent to an activating group) is 1. The van der Waals surface area contributed by atoms with Crippen LogP contribution in [0.15, 0.2) is 54.6 Å². The molecule has 0 aliphatic carbocycles. The van der Waals surface area contributed by atoms with Crippen LogP contribution in [0.4, 0.5) is 5.00 Å². The van der Waals surface area contributed by atoms with E-state index in [1.165, 1.54) is 10.4 Å². The van der Waals surface area contributed by atoms with Crippen LogP contribution in [0.3, 0.4) is 0 Å². The molecule has 0 saturated heterocycles. The number of esters is 1. The van der Waals surface area contributed by atoms with Crippen LogP contribution in [-0.2, 0) is 13.0 Å². The molecular weight excluding hydrogens is 398 g/mol. The quantitative estimate of drug-likeness (QED) is 0.499. The summed E-state index contributed by atoms with van der Waals surface area (Å²) in [5, 5.41) is 7.42. The minimum absolute atomic E-state index is 0.0533. The van der Waals surface area contributed by atoms with Crippen LogP contribution in [0.2, 0.25) is 0 Å². The zero-order valence-corrected chi connectivity index (χ0v) is 17.3. The van der Waals surface area contributed by atoms with E-state index in [1.807, 2.05) is 18.2 Å². The van der Waals surface area contributed by atoms with Crippen LogP contribution in [0.1, 0.15) is 42.9 Å². The smallest absolute Gasteiger partial charge is 0.343 e. The number of carbonyl (C=O) groups excluding carboxylic acids is 2. The van der Waals surface area contributed by atoms with Gasteiger partial charge in [0.05, 0.1) is 11.1 Å². The Bertz CT molecular complexity index is 1130. The zero-order valence-electron chi connectivity index (χ0n) is 16.5. The molecule has 1 amide bonds. The fourth-order valence-electron chi connectivity index (χ4n) is 3.91. The van der Waals surface area contributed by atoms with Gasteiger partial charge in [-0.15, -0.1) is 11.3 Å². The van der Waals surface area contributed by atoms with Crippen LogP contribution < -0.4 is 15.4 Å². The third-order valence-electron chi connectivity index (χ3n) is 5.44. The Morgan fingerprint density at radius 3 is 2.80 bits per heavy atom. The lowest BCUT2D eigenvalue weighted by Gasteiger charge is -2.27. The van der Waals surface area contributed by atoms with E-state index in [1.54, 1.807) is 47.7 Å². The molecular formula is C23H21N3O3S. The van der Waals surface area contributed by atoms with E-state index in [-0.39, 0.29) is 12.1 Å². The minimum Gasteiger partial charge on any atom is -0.423 e. The van der Waals surface area contributed by atoms with Gasteiger partial charge in [0.15, 0.2) is 0 Å². The van der Waals surface area contributed by atoms with Gasteiger partial charge in [0.25, 0.3) is 5.91 Å². The number of hydrogen-bond donors (Lipinski definition) is 2. The molecule has 6 nitrogen and oxygen atoms in total. The topological polar surface area (TPSA) is 70.7 Å². The number of fused-ring (bicyclic) bond motifs is 3. The van der Waals surface area contributed by atoms with E-state index in [2.05, 4.69) is 22.6 Å². The first-order chi connectivity index (χ1) is 14.6. The van der Waals surface area contributed by atoms with Gasteiger partial charge in [-0.2, -0.15) is 0 Å². The first-order valence-electron chi connectivity index (χ1n) is 9.86. The summed E-state index contributed by atoms with van der Waals surface area (Å²) in [5.74, 6) is -0.0245. The van der Waals surface area contributed by atoms with Crippen molar-refractivity contribution >= 4 is 28.2 Å². The molecule has 1 atom stereocenters. The molecule has 3 aromatic rings. The lowest BCUT2D eigenvalue weighted by atomic mass is 10.0. The van der Waals surface area contributed by atoms with Crippen LogP contribution in [0.25, 0.3) is 0 Å². The summed E-state index contributed by atoms with van der Waals surface area (Å²) in [6.45, 7) is 1.83. The van der Waals surface area contributed by atoms with Gasteiger partial charge in [-0.05, 0) is 48.9 Å². The molecule has 1 aromatic heterocycles. The zero-order chi connectivity index (χ0) is 20.7. The Balaban J connectivity index is 1.38. The van der Waals surface area contributed by atoms with Crippen LogP contribution in [-0.4, -0.2) is 30.4 Å². The molecule has 2 aliphatic rings. The SMILES string of the molecule is CN1CCc2c(sc3c2C(=O)N[C@@H](c2cccc(OC(=O)c4ccccc4)c2)N3)C1. The summed E-state index contributed by atoms with van der Waals surface area (Å²) in [6, 6.07) is 16.1. The molecule has 2 aromatic carbocycles. The molecule has 2 N–H and O–H groups in total. The van der Waals surface area contributed by atoms with Crippen molar-refractivity contribution in [2.24, 2.45) is 0 Å². The van der Waals surface area contributed by atoms with E-state index in [0.717, 1.165) is 35.6 Å². The highest BCUT2D eigenvalue weighted by molar-refractivity contribution is 7.16. The second-order valence-electron chi connectivity index (χ2n) is 7.57. The average Bonchev–Trinajstić information content (AvgIpc) is 3.12. The number of ether oxygens (including phenoxy) is 1. The van der Waals surface area contributed by atoms with E-state index in [9.17, 15) is 9.59 Å². The van der Waals surface area contributed by atoms with Crippen molar-refractivity contribution < 1.29 is 14.3 Å². The summed E-state index contributed by atoms with van der Waals surface area (Å²) in [6.07, 6.45) is 0.515. The van der Waals surface area contributed by atoms with Crippen molar-refractivity contribution in [2.75, 3.05) is 18.9 Å². The van der Waals surface area contributed by atoms with Gasteiger partial charge in [-0.1, -0.05) is 30.3 Å². The predicted octanol–water partition coefficient (Wildman–Crippen LogP) is 3.81. The normalized spacial score (nSPS) is 18.0. The van der Waals surface area contributed by atoms with Crippen molar-refractivity contribution in [3.05, 3.63) is 81.7 Å². The number of nitrogens with zero attached hydrogens (tertiary/aromatic N) is 1. The number of rotatable bonds is 3. The lowest BCUT2D eigenvalue weighted by molar-refractivity contribution is 0.0734. The van der Waals surface area contributed by atoms with Gasteiger partial charge in [0, 0.05) is 18.0 Å². The number of amides is 1. The highest BCUT2D eigenvalue weighted by Crippen LogP contribution is 2.40. The maximum absolute atomic E-state index is 12.9. The van der Waals surface area contributed by atoms with E-state index >= 15 is 0 Å². The summed E-state index contributed by atoms with van der Waals surface area (Å²) >= 11 is 1.66. The highest BCUT2D eigenvalue weighted by atomic mass is 32.1. The second-order valence-corrected chi connectivity index (χ2v) is 8.68. The van der Waals surface area contributed by atoms with Gasteiger partial charge >= 0.3 is 5.97 Å². The Hall–Kier alpha value is -3.16. The highest BCUT2D eigenvalue weighted by Gasteiger charge is 2.32. The summed E-state index contributed by atoms with van der Waals surface area (Å²) < 4.78 is 5.52. The first-order valence-corrected chi connectivity index (χ1v) is 10.7. The predicted molar refractivity (Wildman–Crippen MR) is 116 cm³/mol. The Morgan fingerprint density at radius 2 is 1.97 bits per heavy atom. The number of thiophene rings is 1. The minimum atomic E-state index is -0.411. The van der Waals surface area contributed by atoms with Crippen molar-refractivity contribution in [1.82, 2.24) is 10.2 Å². The monoisotopic (exact) mass is 419 g/mol. The maximum atomic E-state index is 12.9. The number of nitrogens with one attached hydrogen (secondary N) is 2. The van der Waals surface area contributed by atoms with Gasteiger partial charge in [0.1, 0.15) is 16.9 Å². The van der Waals surface area contributed by atoms with E-state index < -0.39 is 5.97 Å². The lowest BCUT2D eigenvalue weighted by Crippen LogP contribution is -2.38.